The number of hydrogen-bond donors (Lipinski definition) is 2. The van der Waals surface area contributed by atoms with Gasteiger partial charge in [0, 0.05) is 11.8 Å². The zero-order valence-electron chi connectivity index (χ0n) is 16.8. The zero-order chi connectivity index (χ0) is 21.3. The Labute approximate surface area is 172 Å². The van der Waals surface area contributed by atoms with Crippen molar-refractivity contribution in [1.29, 1.82) is 0 Å². The van der Waals surface area contributed by atoms with Crippen LogP contribution in [0.25, 0.3) is 11.5 Å². The molecular weight excluding hydrogens is 388 g/mol. The number of amides is 1. The Morgan fingerprint density at radius 3 is 2.70 bits per heavy atom. The fourth-order valence-corrected chi connectivity index (χ4v) is 3.09. The molecule has 0 unspecified atom stereocenters. The molecule has 1 fully saturated rings. The third kappa shape index (κ3) is 3.94. The highest BCUT2D eigenvalue weighted by Gasteiger charge is 2.38. The number of carbonyl (C=O) groups is 1. The van der Waals surface area contributed by atoms with Gasteiger partial charge in [0.1, 0.15) is 24.5 Å². The molecule has 0 radical (unpaired) electrons. The van der Waals surface area contributed by atoms with Gasteiger partial charge >= 0.3 is 6.09 Å². The number of benzene rings is 1. The van der Waals surface area contributed by atoms with Crippen LogP contribution in [0.5, 0.6) is 0 Å². The second kappa shape index (κ2) is 8.07. The molecule has 2 aromatic heterocycles. The van der Waals surface area contributed by atoms with Gasteiger partial charge in [0.05, 0.1) is 6.10 Å². The number of rotatable bonds is 6. The maximum absolute atomic E-state index is 12.1. The fraction of sp³-hybridized carbons (Fsp3) is 0.350. The summed E-state index contributed by atoms with van der Waals surface area (Å²) in [7, 11) is 0. The van der Waals surface area contributed by atoms with E-state index in [2.05, 4.69) is 25.5 Å². The average molecular weight is 410 g/mol. The lowest BCUT2D eigenvalue weighted by Crippen LogP contribution is -2.41. The smallest absolute Gasteiger partial charge is 0.416 e. The Kier molecular flexibility index (Phi) is 5.32. The van der Waals surface area contributed by atoms with Crippen molar-refractivity contribution in [3.63, 3.8) is 0 Å². The predicted octanol–water partition coefficient (Wildman–Crippen LogP) is 2.71. The van der Waals surface area contributed by atoms with Crippen molar-refractivity contribution in [3.8, 4) is 11.5 Å². The molecule has 3 atom stereocenters. The average Bonchev–Trinajstić information content (AvgIpc) is 3.36. The maximum atomic E-state index is 12.1. The highest BCUT2D eigenvalue weighted by molar-refractivity contribution is 5.89. The van der Waals surface area contributed by atoms with Gasteiger partial charge in [0.2, 0.25) is 17.7 Å². The first kappa shape index (κ1) is 19.8. The summed E-state index contributed by atoms with van der Waals surface area (Å²) in [4.78, 5) is 22.0. The first-order valence-electron chi connectivity index (χ1n) is 9.56. The number of anilines is 2. The quantitative estimate of drug-likeness (QED) is 0.630. The summed E-state index contributed by atoms with van der Waals surface area (Å²) in [5, 5.41) is 21.2. The molecule has 10 nitrogen and oxygen atoms in total. The fourth-order valence-electron chi connectivity index (χ4n) is 3.09. The number of hydrogen-bond acceptors (Lipinski definition) is 9. The molecule has 4 rings (SSSR count). The number of carbonyl (C=O) groups excluding carboxylic acids is 1. The SMILES string of the molecule is Cc1ccc(-c2nnc([C@H](C)Nc3nccc(N4C(=O)OC[C@@H]4[C@@H](C)O)n3)o2)cc1. The summed E-state index contributed by atoms with van der Waals surface area (Å²) in [5.74, 6) is 1.41. The molecular formula is C20H22N6O4. The van der Waals surface area contributed by atoms with E-state index in [0.29, 0.717) is 17.6 Å². The number of ether oxygens (including phenoxy) is 1. The normalized spacial score (nSPS) is 18.2. The van der Waals surface area contributed by atoms with Crippen LogP contribution in [-0.4, -0.2) is 50.1 Å². The van der Waals surface area contributed by atoms with Crippen molar-refractivity contribution in [2.24, 2.45) is 0 Å². The van der Waals surface area contributed by atoms with Crippen molar-refractivity contribution < 1.29 is 19.1 Å². The highest BCUT2D eigenvalue weighted by atomic mass is 16.6. The molecule has 1 aromatic carbocycles. The highest BCUT2D eigenvalue weighted by Crippen LogP contribution is 2.26. The van der Waals surface area contributed by atoms with Crippen molar-refractivity contribution >= 4 is 17.9 Å². The van der Waals surface area contributed by atoms with E-state index in [1.807, 2.05) is 38.1 Å². The van der Waals surface area contributed by atoms with E-state index in [9.17, 15) is 9.90 Å². The lowest BCUT2D eigenvalue weighted by molar-refractivity contribution is 0.142. The van der Waals surface area contributed by atoms with Crippen molar-refractivity contribution in [1.82, 2.24) is 20.2 Å². The van der Waals surface area contributed by atoms with Gasteiger partial charge in [0.25, 0.3) is 0 Å². The molecule has 0 saturated carbocycles. The van der Waals surface area contributed by atoms with Gasteiger partial charge in [-0.2, -0.15) is 4.98 Å². The van der Waals surface area contributed by atoms with Gasteiger partial charge in [-0.15, -0.1) is 10.2 Å². The summed E-state index contributed by atoms with van der Waals surface area (Å²) < 4.78 is 10.8. The summed E-state index contributed by atoms with van der Waals surface area (Å²) >= 11 is 0. The minimum absolute atomic E-state index is 0.101. The molecule has 1 aliphatic heterocycles. The predicted molar refractivity (Wildman–Crippen MR) is 108 cm³/mol. The largest absolute Gasteiger partial charge is 0.447 e. The Hall–Kier alpha value is -3.53. The van der Waals surface area contributed by atoms with Gasteiger partial charge in [-0.3, -0.25) is 4.90 Å². The van der Waals surface area contributed by atoms with Gasteiger partial charge in [-0.1, -0.05) is 17.7 Å². The molecule has 156 valence electrons. The molecule has 3 aromatic rings. The van der Waals surface area contributed by atoms with Crippen LogP contribution in [0.1, 0.15) is 31.3 Å². The standard InChI is InChI=1S/C20H22N6O4/c1-11-4-6-14(7-5-11)18-25-24-17(30-18)12(2)22-19-21-9-8-16(23-19)26-15(13(3)27)10-29-20(26)28/h4-9,12-13,15,27H,10H2,1-3H3,(H,21,22,23)/t12-,13+,15+/m0/s1. The first-order valence-corrected chi connectivity index (χ1v) is 9.56. The number of aliphatic hydroxyl groups is 1. The Morgan fingerprint density at radius 2 is 1.97 bits per heavy atom. The van der Waals surface area contributed by atoms with E-state index in [4.69, 9.17) is 9.15 Å². The summed E-state index contributed by atoms with van der Waals surface area (Å²) in [6.45, 7) is 5.55. The summed E-state index contributed by atoms with van der Waals surface area (Å²) in [5.41, 5.74) is 1.98. The van der Waals surface area contributed by atoms with E-state index in [1.165, 1.54) is 11.1 Å². The molecule has 10 heteroatoms. The molecule has 2 N–H and O–H groups in total. The monoisotopic (exact) mass is 410 g/mol. The lowest BCUT2D eigenvalue weighted by atomic mass is 10.1. The first-order chi connectivity index (χ1) is 14.4. The summed E-state index contributed by atoms with van der Waals surface area (Å²) in [6, 6.07) is 8.50. The molecule has 1 saturated heterocycles. The van der Waals surface area contributed by atoms with E-state index >= 15 is 0 Å². The van der Waals surface area contributed by atoms with Crippen LogP contribution in [0, 0.1) is 6.92 Å². The summed E-state index contributed by atoms with van der Waals surface area (Å²) in [6.07, 6.45) is 0.201. The molecule has 3 heterocycles. The number of cyclic esters (lactones) is 1. The minimum atomic E-state index is -0.764. The topological polar surface area (TPSA) is 127 Å². The van der Waals surface area contributed by atoms with E-state index in [-0.39, 0.29) is 18.6 Å². The Bertz CT molecular complexity index is 1040. The van der Waals surface area contributed by atoms with Crippen molar-refractivity contribution in [2.45, 2.75) is 39.0 Å². The Morgan fingerprint density at radius 1 is 1.20 bits per heavy atom. The van der Waals surface area contributed by atoms with Crippen LogP contribution in [-0.2, 0) is 4.74 Å². The minimum Gasteiger partial charge on any atom is -0.447 e. The van der Waals surface area contributed by atoms with Crippen LogP contribution in [0.3, 0.4) is 0 Å². The third-order valence-corrected chi connectivity index (χ3v) is 4.81. The number of nitrogens with one attached hydrogen (secondary N) is 1. The molecule has 1 amide bonds. The lowest BCUT2D eigenvalue weighted by Gasteiger charge is -2.22. The van der Waals surface area contributed by atoms with E-state index < -0.39 is 18.2 Å². The molecule has 1 aliphatic rings. The van der Waals surface area contributed by atoms with Crippen LogP contribution in [0.2, 0.25) is 0 Å². The van der Waals surface area contributed by atoms with Crippen LogP contribution < -0.4 is 10.2 Å². The number of nitrogens with zero attached hydrogens (tertiary/aromatic N) is 5. The van der Waals surface area contributed by atoms with Crippen molar-refractivity contribution in [3.05, 3.63) is 48.0 Å². The molecule has 0 spiro atoms. The molecule has 0 bridgehead atoms. The van der Waals surface area contributed by atoms with Gasteiger partial charge < -0.3 is 19.6 Å². The second-order valence-electron chi connectivity index (χ2n) is 7.17. The second-order valence-corrected chi connectivity index (χ2v) is 7.17. The van der Waals surface area contributed by atoms with E-state index in [0.717, 1.165) is 11.1 Å². The van der Waals surface area contributed by atoms with Gasteiger partial charge in [-0.25, -0.2) is 9.78 Å². The third-order valence-electron chi connectivity index (χ3n) is 4.81. The van der Waals surface area contributed by atoms with E-state index in [1.54, 1.807) is 13.0 Å². The molecule has 30 heavy (non-hydrogen) atoms. The van der Waals surface area contributed by atoms with Crippen LogP contribution >= 0.6 is 0 Å². The van der Waals surface area contributed by atoms with Gasteiger partial charge in [0.15, 0.2) is 0 Å². The van der Waals surface area contributed by atoms with Crippen molar-refractivity contribution in [2.75, 3.05) is 16.8 Å². The van der Waals surface area contributed by atoms with Crippen LogP contribution in [0.15, 0.2) is 40.9 Å². The maximum Gasteiger partial charge on any atom is 0.416 e. The van der Waals surface area contributed by atoms with Gasteiger partial charge in [-0.05, 0) is 39.0 Å². The number of aliphatic hydroxyl groups excluding tert-OH is 1. The Balaban J connectivity index is 1.50. The number of aryl methyl sites for hydroxylation is 1. The number of aromatic nitrogens is 4. The zero-order valence-corrected chi connectivity index (χ0v) is 16.8. The van der Waals surface area contributed by atoms with Crippen LogP contribution in [0.4, 0.5) is 16.6 Å². The molecule has 0 aliphatic carbocycles.